The Morgan fingerprint density at radius 3 is 2.35 bits per heavy atom. The van der Waals surface area contributed by atoms with Crippen LogP contribution in [0.25, 0.3) is 0 Å². The van der Waals surface area contributed by atoms with Crippen LogP contribution < -0.4 is 11.3 Å². The van der Waals surface area contributed by atoms with E-state index in [0.717, 1.165) is 13.0 Å². The Kier molecular flexibility index (Phi) is 6.27. The number of nitrogens with one attached hydrogen (secondary N) is 1. The maximum absolute atomic E-state index is 6.00. The molecule has 1 aliphatic carbocycles. The third-order valence-corrected chi connectivity index (χ3v) is 5.56. The fourth-order valence-corrected chi connectivity index (χ4v) is 4.47. The van der Waals surface area contributed by atoms with Crippen molar-refractivity contribution in [3.63, 3.8) is 0 Å². The monoisotopic (exact) mass is 283 g/mol. The number of likely N-dealkylation sites (tertiary alicyclic amines) is 1. The fourth-order valence-electron chi connectivity index (χ4n) is 4.47. The molecule has 1 heterocycles. The molecule has 1 aliphatic heterocycles. The highest BCUT2D eigenvalue weighted by molar-refractivity contribution is 5.05. The molecule has 2 aliphatic rings. The molecule has 2 atom stereocenters. The number of hydrogen-bond donors (Lipinski definition) is 2. The highest BCUT2D eigenvalue weighted by Crippen LogP contribution is 2.42. The number of rotatable bonds is 7. The Hall–Kier alpha value is -0.160. The molecule has 0 bridgehead atoms. The average molecular weight is 283 g/mol. The van der Waals surface area contributed by atoms with Gasteiger partial charge >= 0.3 is 0 Å². The fraction of sp³-hybridized carbons (Fsp3) is 1.00. The number of piperidine rings is 1. The normalized spacial score (nSPS) is 26.6. The Morgan fingerprint density at radius 2 is 1.80 bits per heavy atom. The van der Waals surface area contributed by atoms with E-state index >= 15 is 0 Å². The molecule has 0 aromatic rings. The van der Waals surface area contributed by atoms with Gasteiger partial charge in [0.05, 0.1) is 0 Å². The van der Waals surface area contributed by atoms with Crippen LogP contribution in [-0.2, 0) is 4.74 Å². The number of nitrogens with two attached hydrogens (primary N) is 1. The summed E-state index contributed by atoms with van der Waals surface area (Å²) in [4.78, 5) is 2.76. The first-order valence-corrected chi connectivity index (χ1v) is 8.45. The molecule has 20 heavy (non-hydrogen) atoms. The van der Waals surface area contributed by atoms with Crippen molar-refractivity contribution in [2.45, 2.75) is 69.9 Å². The molecule has 3 N–H and O–H groups in total. The second-order valence-corrected chi connectivity index (χ2v) is 6.76. The largest absolute Gasteiger partial charge is 0.385 e. The summed E-state index contributed by atoms with van der Waals surface area (Å²) >= 11 is 0. The second-order valence-electron chi connectivity index (χ2n) is 6.76. The number of ether oxygens (including phenoxy) is 1. The van der Waals surface area contributed by atoms with Gasteiger partial charge in [0.15, 0.2) is 0 Å². The molecule has 2 fully saturated rings. The van der Waals surface area contributed by atoms with Crippen molar-refractivity contribution < 1.29 is 4.74 Å². The molecule has 0 amide bonds. The van der Waals surface area contributed by atoms with Crippen molar-refractivity contribution in [1.82, 2.24) is 10.3 Å². The summed E-state index contributed by atoms with van der Waals surface area (Å²) in [6.07, 6.45) is 10.5. The standard InChI is InChI=1S/C16H33N3O/c1-14(8-13-20-2)15(18-17)16(9-4-5-10-16)19-11-6-3-7-12-19/h14-15,18H,3-13,17H2,1-2H3. The van der Waals surface area contributed by atoms with Crippen LogP contribution in [-0.4, -0.2) is 43.3 Å². The SMILES string of the molecule is COCCC(C)C(NN)C1(N2CCCCC2)CCCC1. The highest BCUT2D eigenvalue weighted by Gasteiger charge is 2.47. The molecule has 0 radical (unpaired) electrons. The summed E-state index contributed by atoms with van der Waals surface area (Å²) in [7, 11) is 1.79. The van der Waals surface area contributed by atoms with Crippen molar-refractivity contribution >= 4 is 0 Å². The van der Waals surface area contributed by atoms with E-state index in [1.54, 1.807) is 7.11 Å². The molecule has 118 valence electrons. The van der Waals surface area contributed by atoms with Gasteiger partial charge in [0.25, 0.3) is 0 Å². The third-order valence-electron chi connectivity index (χ3n) is 5.56. The molecule has 4 nitrogen and oxygen atoms in total. The molecule has 2 unspecified atom stereocenters. The first-order chi connectivity index (χ1) is 9.74. The molecule has 1 saturated carbocycles. The van der Waals surface area contributed by atoms with E-state index < -0.39 is 0 Å². The van der Waals surface area contributed by atoms with Gasteiger partial charge in [-0.05, 0) is 51.1 Å². The van der Waals surface area contributed by atoms with Gasteiger partial charge in [-0.2, -0.15) is 0 Å². The van der Waals surface area contributed by atoms with Gasteiger partial charge in [-0.3, -0.25) is 16.2 Å². The van der Waals surface area contributed by atoms with Crippen molar-refractivity contribution in [2.75, 3.05) is 26.8 Å². The van der Waals surface area contributed by atoms with Crippen LogP contribution in [0.3, 0.4) is 0 Å². The van der Waals surface area contributed by atoms with Gasteiger partial charge in [0, 0.05) is 25.3 Å². The molecule has 0 aromatic heterocycles. The minimum absolute atomic E-state index is 0.294. The summed E-state index contributed by atoms with van der Waals surface area (Å²) in [6.45, 7) is 5.67. The molecule has 4 heteroatoms. The Bertz CT molecular complexity index is 273. The maximum atomic E-state index is 6.00. The summed E-state index contributed by atoms with van der Waals surface area (Å²) in [5.74, 6) is 6.56. The van der Waals surface area contributed by atoms with Gasteiger partial charge in [0.1, 0.15) is 0 Å². The van der Waals surface area contributed by atoms with Crippen LogP contribution in [0.2, 0.25) is 0 Å². The summed E-state index contributed by atoms with van der Waals surface area (Å²) in [6, 6.07) is 0.387. The second kappa shape index (κ2) is 7.74. The predicted molar refractivity (Wildman–Crippen MR) is 83.4 cm³/mol. The van der Waals surface area contributed by atoms with Crippen LogP contribution in [0.1, 0.15) is 58.3 Å². The van der Waals surface area contributed by atoms with Crippen LogP contribution in [0, 0.1) is 5.92 Å². The lowest BCUT2D eigenvalue weighted by atomic mass is 9.77. The van der Waals surface area contributed by atoms with Gasteiger partial charge in [-0.25, -0.2) is 0 Å². The molecule has 2 rings (SSSR count). The van der Waals surface area contributed by atoms with Gasteiger partial charge in [-0.15, -0.1) is 0 Å². The lowest BCUT2D eigenvalue weighted by Gasteiger charge is -2.50. The third kappa shape index (κ3) is 3.35. The lowest BCUT2D eigenvalue weighted by Crippen LogP contribution is -2.64. The van der Waals surface area contributed by atoms with E-state index in [9.17, 15) is 0 Å². The van der Waals surface area contributed by atoms with Crippen molar-refractivity contribution in [1.29, 1.82) is 0 Å². The molecule has 0 aromatic carbocycles. The minimum atomic E-state index is 0.294. The summed E-state index contributed by atoms with van der Waals surface area (Å²) in [5, 5.41) is 0. The highest BCUT2D eigenvalue weighted by atomic mass is 16.5. The molecular weight excluding hydrogens is 250 g/mol. The number of hydrogen-bond acceptors (Lipinski definition) is 4. The number of hydrazine groups is 1. The van der Waals surface area contributed by atoms with Crippen LogP contribution >= 0.6 is 0 Å². The Balaban J connectivity index is 2.11. The first-order valence-electron chi connectivity index (χ1n) is 8.45. The van der Waals surface area contributed by atoms with Gasteiger partial charge < -0.3 is 4.74 Å². The summed E-state index contributed by atoms with van der Waals surface area (Å²) < 4.78 is 5.27. The lowest BCUT2D eigenvalue weighted by molar-refractivity contribution is 0.0142. The summed E-state index contributed by atoms with van der Waals surface area (Å²) in [5.41, 5.74) is 3.49. The van der Waals surface area contributed by atoms with Crippen LogP contribution in [0.15, 0.2) is 0 Å². The molecule has 0 spiro atoms. The van der Waals surface area contributed by atoms with Crippen molar-refractivity contribution in [3.8, 4) is 0 Å². The quantitative estimate of drug-likeness (QED) is 0.556. The Labute approximate surface area is 124 Å². The van der Waals surface area contributed by atoms with Gasteiger partial charge in [0.2, 0.25) is 0 Å². The average Bonchev–Trinajstić information content (AvgIpc) is 2.97. The van der Waals surface area contributed by atoms with E-state index in [2.05, 4.69) is 17.2 Å². The van der Waals surface area contributed by atoms with Crippen LogP contribution in [0.4, 0.5) is 0 Å². The first kappa shape index (κ1) is 16.2. The zero-order valence-corrected chi connectivity index (χ0v) is 13.4. The maximum Gasteiger partial charge on any atom is 0.0465 e. The van der Waals surface area contributed by atoms with E-state index in [1.807, 2.05) is 0 Å². The predicted octanol–water partition coefficient (Wildman–Crippen LogP) is 2.29. The zero-order valence-electron chi connectivity index (χ0n) is 13.4. The number of methoxy groups -OCH3 is 1. The van der Waals surface area contributed by atoms with E-state index in [1.165, 1.54) is 58.0 Å². The zero-order chi connectivity index (χ0) is 14.4. The smallest absolute Gasteiger partial charge is 0.0465 e. The van der Waals surface area contributed by atoms with Crippen molar-refractivity contribution in [2.24, 2.45) is 11.8 Å². The molecule has 1 saturated heterocycles. The number of nitrogens with zero attached hydrogens (tertiary/aromatic N) is 1. The molecular formula is C16H33N3O. The van der Waals surface area contributed by atoms with Gasteiger partial charge in [-0.1, -0.05) is 26.2 Å². The van der Waals surface area contributed by atoms with Crippen molar-refractivity contribution in [3.05, 3.63) is 0 Å². The topological polar surface area (TPSA) is 50.5 Å². The van der Waals surface area contributed by atoms with E-state index in [0.29, 0.717) is 17.5 Å². The Morgan fingerprint density at radius 1 is 1.15 bits per heavy atom. The van der Waals surface area contributed by atoms with E-state index in [-0.39, 0.29) is 0 Å². The van der Waals surface area contributed by atoms with Crippen LogP contribution in [0.5, 0.6) is 0 Å². The minimum Gasteiger partial charge on any atom is -0.385 e. The van der Waals surface area contributed by atoms with E-state index in [4.69, 9.17) is 10.6 Å².